The fourth-order valence-corrected chi connectivity index (χ4v) is 1.52. The third kappa shape index (κ3) is 2.94. The van der Waals surface area contributed by atoms with Crippen LogP contribution < -0.4 is 0 Å². The second-order valence-electron chi connectivity index (χ2n) is 2.76. The van der Waals surface area contributed by atoms with Crippen LogP contribution in [0, 0.1) is 0 Å². The van der Waals surface area contributed by atoms with Crippen LogP contribution in [0.25, 0.3) is 0 Å². The van der Waals surface area contributed by atoms with Gasteiger partial charge in [-0.15, -0.1) is 0 Å². The van der Waals surface area contributed by atoms with Crippen LogP contribution in [0.4, 0.5) is 0 Å². The maximum absolute atomic E-state index is 11.1. The molecule has 13 heavy (non-hydrogen) atoms. The van der Waals surface area contributed by atoms with Crippen molar-refractivity contribution in [2.24, 2.45) is 0 Å². The van der Waals surface area contributed by atoms with Crippen molar-refractivity contribution in [1.82, 2.24) is 0 Å². The predicted octanol–water partition coefficient (Wildman–Crippen LogP) is -0.402. The van der Waals surface area contributed by atoms with E-state index in [4.69, 9.17) is 4.74 Å². The van der Waals surface area contributed by atoms with Crippen molar-refractivity contribution in [3.63, 3.8) is 0 Å². The topological polar surface area (TPSA) is 78.9 Å². The summed E-state index contributed by atoms with van der Waals surface area (Å²) in [5, 5.41) is 0. The molecule has 0 aromatic heterocycles. The van der Waals surface area contributed by atoms with Gasteiger partial charge in [0.25, 0.3) is 0 Å². The molecule has 6 nitrogen and oxygen atoms in total. The van der Waals surface area contributed by atoms with E-state index in [-0.39, 0.29) is 12.7 Å². The zero-order chi connectivity index (χ0) is 10.1. The number of carbonyl (C=O) groups is 1. The summed E-state index contributed by atoms with van der Waals surface area (Å²) in [5.41, 5.74) is 0. The average Bonchev–Trinajstić information content (AvgIpc) is 2.28. The third-order valence-electron chi connectivity index (χ3n) is 1.21. The molecule has 1 fully saturated rings. The summed E-state index contributed by atoms with van der Waals surface area (Å²) >= 11 is 0. The van der Waals surface area contributed by atoms with Crippen molar-refractivity contribution in [1.29, 1.82) is 0 Å². The van der Waals surface area contributed by atoms with E-state index < -0.39 is 22.5 Å². The van der Waals surface area contributed by atoms with Gasteiger partial charge in [0.1, 0.15) is 6.61 Å². The van der Waals surface area contributed by atoms with Crippen LogP contribution in [-0.4, -0.2) is 33.2 Å². The monoisotopic (exact) mass is 210 g/mol. The van der Waals surface area contributed by atoms with E-state index in [1.807, 2.05) is 0 Å². The van der Waals surface area contributed by atoms with Gasteiger partial charge in [-0.1, -0.05) is 0 Å². The second kappa shape index (κ2) is 3.60. The molecule has 0 saturated carbocycles. The molecule has 0 N–H and O–H groups in total. The first-order chi connectivity index (χ1) is 5.91. The van der Waals surface area contributed by atoms with E-state index >= 15 is 0 Å². The van der Waals surface area contributed by atoms with Crippen LogP contribution in [0.5, 0.6) is 0 Å². The number of hydrogen-bond donors (Lipinski definition) is 0. The lowest BCUT2D eigenvalue weighted by molar-refractivity contribution is -0.154. The first kappa shape index (κ1) is 10.4. The molecule has 1 saturated heterocycles. The van der Waals surface area contributed by atoms with E-state index in [2.05, 4.69) is 8.37 Å². The fourth-order valence-electron chi connectivity index (χ4n) is 0.758. The Morgan fingerprint density at radius 2 is 2.15 bits per heavy atom. The van der Waals surface area contributed by atoms with Crippen molar-refractivity contribution < 1.29 is 26.3 Å². The molecule has 0 aliphatic carbocycles. The minimum atomic E-state index is -3.98. The van der Waals surface area contributed by atoms with Crippen molar-refractivity contribution in [3.8, 4) is 0 Å². The van der Waals surface area contributed by atoms with E-state index in [1.165, 1.54) is 0 Å². The fraction of sp³-hybridized carbons (Fsp3) is 0.833. The molecule has 0 aromatic carbocycles. The highest BCUT2D eigenvalue weighted by atomic mass is 32.3. The Kier molecular flexibility index (Phi) is 2.89. The maximum atomic E-state index is 11.1. The normalized spacial score (nSPS) is 26.2. The lowest BCUT2D eigenvalue weighted by Gasteiger charge is -2.09. The van der Waals surface area contributed by atoms with Crippen molar-refractivity contribution >= 4 is 16.4 Å². The van der Waals surface area contributed by atoms with Gasteiger partial charge in [0.2, 0.25) is 6.10 Å². The Balaban J connectivity index is 2.52. The maximum Gasteiger partial charge on any atom is 0.400 e. The van der Waals surface area contributed by atoms with Gasteiger partial charge < -0.3 is 4.74 Å². The zero-order valence-electron chi connectivity index (χ0n) is 7.22. The highest BCUT2D eigenvalue weighted by molar-refractivity contribution is 7.82. The largest absolute Gasteiger partial charge is 0.461 e. The van der Waals surface area contributed by atoms with Gasteiger partial charge in [0.15, 0.2) is 0 Å². The van der Waals surface area contributed by atoms with E-state index in [1.54, 1.807) is 13.8 Å². The highest BCUT2D eigenvalue weighted by Gasteiger charge is 2.36. The van der Waals surface area contributed by atoms with Gasteiger partial charge in [-0.05, 0) is 13.8 Å². The highest BCUT2D eigenvalue weighted by Crippen LogP contribution is 2.14. The summed E-state index contributed by atoms with van der Waals surface area (Å²) in [6, 6.07) is 0. The molecule has 0 spiro atoms. The third-order valence-corrected chi connectivity index (χ3v) is 2.11. The lowest BCUT2D eigenvalue weighted by Crippen LogP contribution is -2.27. The standard InChI is InChI=1S/C6H10O6S/c1-4(2)11-6(7)5-3-10-13(8,9)12-5/h4-5H,3H2,1-2H3. The summed E-state index contributed by atoms with van der Waals surface area (Å²) in [6.45, 7) is 3.00. The number of esters is 1. The minimum Gasteiger partial charge on any atom is -0.461 e. The molecule has 0 aromatic rings. The van der Waals surface area contributed by atoms with E-state index in [0.29, 0.717) is 0 Å². The molecule has 0 bridgehead atoms. The number of rotatable bonds is 2. The molecule has 76 valence electrons. The molecule has 0 radical (unpaired) electrons. The summed E-state index contributed by atoms with van der Waals surface area (Å²) in [6.07, 6.45) is -1.47. The molecular weight excluding hydrogens is 200 g/mol. The van der Waals surface area contributed by atoms with Crippen LogP contribution in [0.15, 0.2) is 0 Å². The van der Waals surface area contributed by atoms with E-state index in [0.717, 1.165) is 0 Å². The molecule has 1 unspecified atom stereocenters. The van der Waals surface area contributed by atoms with Gasteiger partial charge in [-0.3, -0.25) is 0 Å². The molecule has 1 aliphatic heterocycles. The zero-order valence-corrected chi connectivity index (χ0v) is 8.04. The molecular formula is C6H10O6S. The molecule has 1 atom stereocenters. The second-order valence-corrected chi connectivity index (χ2v) is 4.01. The SMILES string of the molecule is CC(C)OC(=O)C1COS(=O)(=O)O1. The predicted molar refractivity (Wildman–Crippen MR) is 41.0 cm³/mol. The Bertz CT molecular complexity index is 292. The van der Waals surface area contributed by atoms with Gasteiger partial charge in [-0.2, -0.15) is 8.42 Å². The van der Waals surface area contributed by atoms with Gasteiger partial charge in [0.05, 0.1) is 6.10 Å². The quantitative estimate of drug-likeness (QED) is 0.577. The summed E-state index contributed by atoms with van der Waals surface area (Å²) in [7, 11) is -3.98. The van der Waals surface area contributed by atoms with Crippen molar-refractivity contribution in [2.45, 2.75) is 26.1 Å². The first-order valence-electron chi connectivity index (χ1n) is 3.69. The Morgan fingerprint density at radius 3 is 2.54 bits per heavy atom. The van der Waals surface area contributed by atoms with Crippen LogP contribution in [0.2, 0.25) is 0 Å². The number of carbonyl (C=O) groups excluding carboxylic acids is 1. The summed E-state index contributed by atoms with van der Waals surface area (Å²) in [5.74, 6) is -0.726. The average molecular weight is 210 g/mol. The van der Waals surface area contributed by atoms with Crippen LogP contribution in [-0.2, 0) is 28.3 Å². The number of hydrogen-bond acceptors (Lipinski definition) is 6. The van der Waals surface area contributed by atoms with Gasteiger partial charge in [-0.25, -0.2) is 13.2 Å². The Morgan fingerprint density at radius 1 is 1.54 bits per heavy atom. The van der Waals surface area contributed by atoms with Gasteiger partial charge in [0, 0.05) is 0 Å². The molecule has 1 aliphatic rings. The molecule has 7 heteroatoms. The summed E-state index contributed by atoms with van der Waals surface area (Å²) in [4.78, 5) is 11.1. The molecule has 1 rings (SSSR count). The Labute approximate surface area is 76.1 Å². The first-order valence-corrected chi connectivity index (χ1v) is 5.02. The molecule has 1 heterocycles. The van der Waals surface area contributed by atoms with Gasteiger partial charge >= 0.3 is 16.4 Å². The smallest absolute Gasteiger partial charge is 0.400 e. The van der Waals surface area contributed by atoms with Crippen LogP contribution in [0.3, 0.4) is 0 Å². The summed E-state index contributed by atoms with van der Waals surface area (Å²) < 4.78 is 34.4. The Hall–Kier alpha value is -0.660. The number of ether oxygens (including phenoxy) is 1. The minimum absolute atomic E-state index is 0.306. The van der Waals surface area contributed by atoms with Crippen molar-refractivity contribution in [2.75, 3.05) is 6.61 Å². The lowest BCUT2D eigenvalue weighted by atomic mass is 10.4. The van der Waals surface area contributed by atoms with Crippen LogP contribution >= 0.6 is 0 Å². The van der Waals surface area contributed by atoms with Crippen molar-refractivity contribution in [3.05, 3.63) is 0 Å². The van der Waals surface area contributed by atoms with E-state index in [9.17, 15) is 13.2 Å². The van der Waals surface area contributed by atoms with Crippen LogP contribution in [0.1, 0.15) is 13.8 Å². The molecule has 0 amide bonds.